The van der Waals surface area contributed by atoms with E-state index in [1.165, 1.54) is 6.08 Å². The lowest BCUT2D eigenvalue weighted by molar-refractivity contribution is -0.194. The molecule has 0 aromatic carbocycles. The Bertz CT molecular complexity index is 369. The SMILES string of the molecule is COP(=O)([O-])/C(=C\C(=O)C(C)(C)C)C(C)(C)C. The number of rotatable bonds is 3. The molecule has 0 heterocycles. The minimum Gasteiger partial charge on any atom is -0.775 e. The Morgan fingerprint density at radius 3 is 1.76 bits per heavy atom. The Balaban J connectivity index is 5.62. The molecule has 0 spiro atoms. The molecule has 100 valence electrons. The molecular weight excluding hydrogens is 239 g/mol. The molecule has 17 heavy (non-hydrogen) atoms. The molecule has 0 saturated heterocycles. The van der Waals surface area contributed by atoms with Crippen LogP contribution in [-0.4, -0.2) is 12.9 Å². The summed E-state index contributed by atoms with van der Waals surface area (Å²) in [6.07, 6.45) is 1.19. The highest BCUT2D eigenvalue weighted by molar-refractivity contribution is 7.56. The van der Waals surface area contributed by atoms with Gasteiger partial charge in [-0.3, -0.25) is 4.79 Å². The molecule has 0 aliphatic carbocycles. The minimum absolute atomic E-state index is 0.0347. The van der Waals surface area contributed by atoms with E-state index < -0.39 is 18.4 Å². The van der Waals surface area contributed by atoms with Crippen molar-refractivity contribution < 1.29 is 18.8 Å². The molecule has 0 aliphatic rings. The lowest BCUT2D eigenvalue weighted by Crippen LogP contribution is -2.23. The Morgan fingerprint density at radius 1 is 1.12 bits per heavy atom. The number of carbonyl (C=O) groups is 1. The van der Waals surface area contributed by atoms with Gasteiger partial charge in [0.25, 0.3) is 0 Å². The summed E-state index contributed by atoms with van der Waals surface area (Å²) < 4.78 is 16.3. The number of ketones is 1. The van der Waals surface area contributed by atoms with Gasteiger partial charge in [-0.1, -0.05) is 41.5 Å². The Kier molecular flexibility index (Phi) is 4.92. The van der Waals surface area contributed by atoms with Gasteiger partial charge in [0.2, 0.25) is 0 Å². The highest BCUT2D eigenvalue weighted by Gasteiger charge is 2.30. The lowest BCUT2D eigenvalue weighted by atomic mass is 9.88. The molecule has 4 nitrogen and oxygen atoms in total. The van der Waals surface area contributed by atoms with Crippen LogP contribution in [0.2, 0.25) is 0 Å². The lowest BCUT2D eigenvalue weighted by Gasteiger charge is -2.33. The van der Waals surface area contributed by atoms with E-state index in [9.17, 15) is 14.3 Å². The molecule has 0 aromatic heterocycles. The highest BCUT2D eigenvalue weighted by Crippen LogP contribution is 2.54. The number of hydrogen-bond acceptors (Lipinski definition) is 4. The first-order valence-electron chi connectivity index (χ1n) is 5.46. The third-order valence-electron chi connectivity index (χ3n) is 2.31. The van der Waals surface area contributed by atoms with E-state index in [-0.39, 0.29) is 11.1 Å². The normalized spacial score (nSPS) is 17.8. The van der Waals surface area contributed by atoms with Gasteiger partial charge in [-0.2, -0.15) is 0 Å². The maximum atomic E-state index is 11.9. The van der Waals surface area contributed by atoms with Crippen LogP contribution < -0.4 is 4.89 Å². The van der Waals surface area contributed by atoms with E-state index in [0.29, 0.717) is 0 Å². The van der Waals surface area contributed by atoms with Crippen molar-refractivity contribution in [3.63, 3.8) is 0 Å². The van der Waals surface area contributed by atoms with E-state index in [4.69, 9.17) is 0 Å². The molecular formula is C12H22O4P-. The summed E-state index contributed by atoms with van der Waals surface area (Å²) in [5, 5.41) is 0.0347. The van der Waals surface area contributed by atoms with Gasteiger partial charge >= 0.3 is 0 Å². The minimum atomic E-state index is -4.14. The second-order valence-electron chi connectivity index (χ2n) is 6.07. The molecule has 0 aliphatic heterocycles. The molecule has 0 amide bonds. The van der Waals surface area contributed by atoms with Gasteiger partial charge in [0.15, 0.2) is 13.4 Å². The van der Waals surface area contributed by atoms with Crippen molar-refractivity contribution in [2.24, 2.45) is 10.8 Å². The molecule has 1 atom stereocenters. The molecule has 0 N–H and O–H groups in total. The zero-order chi connectivity index (χ0) is 14.1. The smallest absolute Gasteiger partial charge is 0.161 e. The van der Waals surface area contributed by atoms with Crippen molar-refractivity contribution in [2.45, 2.75) is 41.5 Å². The van der Waals surface area contributed by atoms with Crippen LogP contribution >= 0.6 is 7.60 Å². The Labute approximate surface area is 104 Å². The van der Waals surface area contributed by atoms with Gasteiger partial charge in [0, 0.05) is 17.8 Å². The van der Waals surface area contributed by atoms with Crippen LogP contribution in [0.4, 0.5) is 0 Å². The average molecular weight is 261 g/mol. The number of hydrogen-bond donors (Lipinski definition) is 0. The topological polar surface area (TPSA) is 66.4 Å². The predicted octanol–water partition coefficient (Wildman–Crippen LogP) is 2.73. The van der Waals surface area contributed by atoms with E-state index in [1.807, 2.05) is 0 Å². The fourth-order valence-corrected chi connectivity index (χ4v) is 2.44. The quantitative estimate of drug-likeness (QED) is 0.578. The van der Waals surface area contributed by atoms with Gasteiger partial charge in [-0.25, -0.2) is 0 Å². The van der Waals surface area contributed by atoms with Crippen molar-refractivity contribution in [3.8, 4) is 0 Å². The van der Waals surface area contributed by atoms with Crippen molar-refractivity contribution >= 4 is 13.4 Å². The molecule has 0 saturated carbocycles. The molecule has 0 fully saturated rings. The molecule has 0 bridgehead atoms. The van der Waals surface area contributed by atoms with Gasteiger partial charge in [-0.05, 0) is 11.5 Å². The van der Waals surface area contributed by atoms with Gasteiger partial charge in [0.1, 0.15) is 0 Å². The zero-order valence-electron chi connectivity index (χ0n) is 11.7. The van der Waals surface area contributed by atoms with Crippen LogP contribution in [0.1, 0.15) is 41.5 Å². The van der Waals surface area contributed by atoms with Crippen LogP contribution in [0, 0.1) is 10.8 Å². The molecule has 0 aromatic rings. The van der Waals surface area contributed by atoms with Crippen molar-refractivity contribution in [2.75, 3.05) is 7.11 Å². The van der Waals surface area contributed by atoms with E-state index in [0.717, 1.165) is 7.11 Å². The summed E-state index contributed by atoms with van der Waals surface area (Å²) in [5.74, 6) is -0.226. The standard InChI is InChI=1S/C12H23O4P/c1-11(2,3)9(13)8-10(12(4,5)6)17(14,15)16-7/h8H,1-7H3,(H,14,15)/p-1/b10-8-. The summed E-state index contributed by atoms with van der Waals surface area (Å²) in [5.41, 5.74) is -1.27. The Hall–Kier alpha value is -0.440. The maximum Gasteiger partial charge on any atom is 0.161 e. The fourth-order valence-electron chi connectivity index (χ4n) is 1.15. The largest absolute Gasteiger partial charge is 0.775 e. The van der Waals surface area contributed by atoms with Crippen LogP contribution in [0.5, 0.6) is 0 Å². The summed E-state index contributed by atoms with van der Waals surface area (Å²) in [7, 11) is -3.03. The van der Waals surface area contributed by atoms with Crippen molar-refractivity contribution in [1.82, 2.24) is 0 Å². The molecule has 0 rings (SSSR count). The summed E-state index contributed by atoms with van der Waals surface area (Å²) in [6.45, 7) is 10.4. The summed E-state index contributed by atoms with van der Waals surface area (Å²) in [6, 6.07) is 0. The maximum absolute atomic E-state index is 11.9. The summed E-state index contributed by atoms with van der Waals surface area (Å²) in [4.78, 5) is 23.7. The van der Waals surface area contributed by atoms with Crippen LogP contribution in [0.25, 0.3) is 0 Å². The monoisotopic (exact) mass is 261 g/mol. The first-order valence-corrected chi connectivity index (χ1v) is 7.00. The predicted molar refractivity (Wildman–Crippen MR) is 66.6 cm³/mol. The zero-order valence-corrected chi connectivity index (χ0v) is 12.6. The van der Waals surface area contributed by atoms with Gasteiger partial charge in [0.05, 0.1) is 0 Å². The van der Waals surface area contributed by atoms with Crippen molar-refractivity contribution in [3.05, 3.63) is 11.4 Å². The van der Waals surface area contributed by atoms with Crippen LogP contribution in [-0.2, 0) is 13.9 Å². The molecule has 1 unspecified atom stereocenters. The Morgan fingerprint density at radius 2 is 1.53 bits per heavy atom. The van der Waals surface area contributed by atoms with Crippen LogP contribution in [0.3, 0.4) is 0 Å². The first kappa shape index (κ1) is 16.6. The van der Waals surface area contributed by atoms with E-state index in [2.05, 4.69) is 4.52 Å². The first-order chi connectivity index (χ1) is 7.32. The third kappa shape index (κ3) is 4.74. The van der Waals surface area contributed by atoms with Gasteiger partial charge in [-0.15, -0.1) is 0 Å². The average Bonchev–Trinajstić information content (AvgIpc) is 2.09. The second-order valence-corrected chi connectivity index (χ2v) is 7.92. The van der Waals surface area contributed by atoms with E-state index in [1.54, 1.807) is 41.5 Å². The highest BCUT2D eigenvalue weighted by atomic mass is 31.2. The summed E-state index contributed by atoms with van der Waals surface area (Å²) >= 11 is 0. The van der Waals surface area contributed by atoms with Crippen molar-refractivity contribution in [1.29, 1.82) is 0 Å². The van der Waals surface area contributed by atoms with Gasteiger partial charge < -0.3 is 14.0 Å². The molecule has 5 heteroatoms. The fraction of sp³-hybridized carbons (Fsp3) is 0.750. The number of carbonyl (C=O) groups excluding carboxylic acids is 1. The third-order valence-corrected chi connectivity index (χ3v) is 4.18. The second kappa shape index (κ2) is 5.05. The van der Waals surface area contributed by atoms with Crippen LogP contribution in [0.15, 0.2) is 11.4 Å². The van der Waals surface area contributed by atoms with E-state index >= 15 is 0 Å². The number of allylic oxidation sites excluding steroid dienone is 2. The molecule has 0 radical (unpaired) electrons.